The number of piperidine rings is 1. The van der Waals surface area contributed by atoms with Gasteiger partial charge in [0.15, 0.2) is 0 Å². The van der Waals surface area contributed by atoms with Crippen LogP contribution >= 0.6 is 0 Å². The average Bonchev–Trinajstić information content (AvgIpc) is 3.07. The molecule has 2 heterocycles. The fourth-order valence-corrected chi connectivity index (χ4v) is 3.76. The van der Waals surface area contributed by atoms with Gasteiger partial charge in [0.05, 0.1) is 13.7 Å². The molecule has 2 N–H and O–H groups in total. The molecule has 2 aromatic carbocycles. The van der Waals surface area contributed by atoms with E-state index in [1.807, 2.05) is 17.0 Å². The topological polar surface area (TPSA) is 83.0 Å². The van der Waals surface area contributed by atoms with Gasteiger partial charge in [-0.1, -0.05) is 0 Å². The van der Waals surface area contributed by atoms with E-state index < -0.39 is 5.66 Å². The number of rotatable bonds is 5. The zero-order chi connectivity index (χ0) is 21.1. The molecule has 1 spiro atoms. The van der Waals surface area contributed by atoms with Crippen LogP contribution in [0.25, 0.3) is 0 Å². The molecule has 156 valence electrons. The lowest BCUT2D eigenvalue weighted by molar-refractivity contribution is -0.119. The second-order valence-corrected chi connectivity index (χ2v) is 7.51. The Kier molecular flexibility index (Phi) is 5.50. The maximum atomic E-state index is 13.0. The van der Waals surface area contributed by atoms with Gasteiger partial charge in [-0.2, -0.15) is 0 Å². The van der Waals surface area contributed by atoms with Crippen LogP contribution in [-0.4, -0.2) is 54.8 Å². The van der Waals surface area contributed by atoms with Gasteiger partial charge in [0.25, 0.3) is 5.91 Å². The number of hydrogen-bond donors (Lipinski definition) is 2. The molecule has 0 radical (unpaired) electrons. The molecule has 2 aromatic rings. The molecular formula is C22H23FN4O3. The summed E-state index contributed by atoms with van der Waals surface area (Å²) in [5.74, 6) is 0.0419. The van der Waals surface area contributed by atoms with Crippen molar-refractivity contribution >= 4 is 23.2 Å². The van der Waals surface area contributed by atoms with Crippen LogP contribution in [0.2, 0.25) is 0 Å². The molecule has 30 heavy (non-hydrogen) atoms. The molecule has 2 amide bonds. The molecule has 2 aliphatic heterocycles. The van der Waals surface area contributed by atoms with E-state index in [1.54, 1.807) is 19.2 Å². The fraction of sp³-hybridized carbons (Fsp3) is 0.318. The number of anilines is 1. The van der Waals surface area contributed by atoms with Crippen LogP contribution in [-0.2, 0) is 9.59 Å². The third-order valence-corrected chi connectivity index (χ3v) is 5.43. The van der Waals surface area contributed by atoms with E-state index in [0.717, 1.165) is 11.3 Å². The van der Waals surface area contributed by atoms with E-state index >= 15 is 0 Å². The van der Waals surface area contributed by atoms with E-state index in [2.05, 4.69) is 10.6 Å². The monoisotopic (exact) mass is 410 g/mol. The Balaban J connectivity index is 1.35. The van der Waals surface area contributed by atoms with Gasteiger partial charge in [0, 0.05) is 37.2 Å². The van der Waals surface area contributed by atoms with Gasteiger partial charge in [-0.05, 0) is 48.5 Å². The van der Waals surface area contributed by atoms with Crippen molar-refractivity contribution in [1.82, 2.24) is 10.2 Å². The number of carbonyl (C=O) groups excluding carboxylic acids is 2. The number of amides is 2. The highest BCUT2D eigenvalue weighted by atomic mass is 19.1. The summed E-state index contributed by atoms with van der Waals surface area (Å²) in [5.41, 5.74) is 1.13. The SMILES string of the molecule is COc1ccc(C2=NC3(CCN(CC(=O)Nc4ccc(F)cc4)CC3)NC2=O)cc1. The van der Waals surface area contributed by atoms with Gasteiger partial charge in [-0.15, -0.1) is 0 Å². The Labute approximate surface area is 173 Å². The number of nitrogens with zero attached hydrogens (tertiary/aromatic N) is 2. The summed E-state index contributed by atoms with van der Waals surface area (Å²) in [6, 6.07) is 12.9. The molecule has 1 fully saturated rings. The Morgan fingerprint density at radius 2 is 1.83 bits per heavy atom. The smallest absolute Gasteiger partial charge is 0.272 e. The number of likely N-dealkylation sites (tertiary alicyclic amines) is 1. The first-order valence-corrected chi connectivity index (χ1v) is 9.81. The molecule has 0 aromatic heterocycles. The zero-order valence-corrected chi connectivity index (χ0v) is 16.7. The standard InChI is InChI=1S/C22H23FN4O3/c1-30-18-8-2-15(3-9-18)20-21(29)26-22(25-20)10-12-27(13-11-22)14-19(28)24-17-6-4-16(23)5-7-17/h2-9H,10-14H2,1H3,(H,24,28)(H,26,29). The van der Waals surface area contributed by atoms with E-state index in [1.165, 1.54) is 24.3 Å². The summed E-state index contributed by atoms with van der Waals surface area (Å²) in [7, 11) is 1.59. The van der Waals surface area contributed by atoms with Crippen LogP contribution in [0, 0.1) is 5.82 Å². The highest BCUT2D eigenvalue weighted by Gasteiger charge is 2.42. The summed E-state index contributed by atoms with van der Waals surface area (Å²) in [5, 5.41) is 5.80. The number of ether oxygens (including phenoxy) is 1. The molecule has 8 heteroatoms. The quantitative estimate of drug-likeness (QED) is 0.792. The molecular weight excluding hydrogens is 387 g/mol. The minimum atomic E-state index is -0.615. The third-order valence-electron chi connectivity index (χ3n) is 5.43. The van der Waals surface area contributed by atoms with Crippen molar-refractivity contribution in [1.29, 1.82) is 0 Å². The fourth-order valence-electron chi connectivity index (χ4n) is 3.76. The van der Waals surface area contributed by atoms with Crippen molar-refractivity contribution in [3.05, 3.63) is 59.9 Å². The number of halogens is 1. The third kappa shape index (κ3) is 4.33. The summed E-state index contributed by atoms with van der Waals surface area (Å²) >= 11 is 0. The molecule has 0 unspecified atom stereocenters. The lowest BCUT2D eigenvalue weighted by Gasteiger charge is -2.36. The Morgan fingerprint density at radius 1 is 1.17 bits per heavy atom. The first-order chi connectivity index (χ1) is 14.5. The highest BCUT2D eigenvalue weighted by Crippen LogP contribution is 2.29. The van der Waals surface area contributed by atoms with E-state index in [0.29, 0.717) is 37.3 Å². The minimum Gasteiger partial charge on any atom is -0.497 e. The molecule has 0 atom stereocenters. The molecule has 0 aliphatic carbocycles. The van der Waals surface area contributed by atoms with Crippen LogP contribution < -0.4 is 15.4 Å². The van der Waals surface area contributed by atoms with Crippen molar-refractivity contribution in [2.45, 2.75) is 18.5 Å². The van der Waals surface area contributed by atoms with Crippen molar-refractivity contribution < 1.29 is 18.7 Å². The number of benzene rings is 2. The predicted molar refractivity (Wildman–Crippen MR) is 111 cm³/mol. The number of carbonyl (C=O) groups is 2. The Hall–Kier alpha value is -3.26. The van der Waals surface area contributed by atoms with Gasteiger partial charge < -0.3 is 15.4 Å². The van der Waals surface area contributed by atoms with Gasteiger partial charge in [0.2, 0.25) is 5.91 Å². The molecule has 1 saturated heterocycles. The van der Waals surface area contributed by atoms with Crippen molar-refractivity contribution in [3.8, 4) is 5.75 Å². The van der Waals surface area contributed by atoms with Gasteiger partial charge in [-0.25, -0.2) is 4.39 Å². The number of methoxy groups -OCH3 is 1. The van der Waals surface area contributed by atoms with Crippen LogP contribution in [0.15, 0.2) is 53.5 Å². The lowest BCUT2D eigenvalue weighted by Crippen LogP contribution is -2.52. The summed E-state index contributed by atoms with van der Waals surface area (Å²) in [6.07, 6.45) is 1.25. The Bertz CT molecular complexity index is 965. The van der Waals surface area contributed by atoms with E-state index in [9.17, 15) is 14.0 Å². The van der Waals surface area contributed by atoms with E-state index in [-0.39, 0.29) is 24.2 Å². The molecule has 0 saturated carbocycles. The first-order valence-electron chi connectivity index (χ1n) is 9.81. The summed E-state index contributed by atoms with van der Waals surface area (Å²) in [4.78, 5) is 31.5. The highest BCUT2D eigenvalue weighted by molar-refractivity contribution is 6.46. The summed E-state index contributed by atoms with van der Waals surface area (Å²) in [6.45, 7) is 1.50. The minimum absolute atomic E-state index is 0.157. The second-order valence-electron chi connectivity index (χ2n) is 7.51. The van der Waals surface area contributed by atoms with Gasteiger partial charge >= 0.3 is 0 Å². The van der Waals surface area contributed by atoms with Crippen molar-refractivity contribution in [3.63, 3.8) is 0 Å². The molecule has 2 aliphatic rings. The van der Waals surface area contributed by atoms with Gasteiger partial charge in [-0.3, -0.25) is 19.5 Å². The van der Waals surface area contributed by atoms with Gasteiger partial charge in [0.1, 0.15) is 22.9 Å². The second kappa shape index (κ2) is 8.23. The van der Waals surface area contributed by atoms with Crippen LogP contribution in [0.4, 0.5) is 10.1 Å². The molecule has 0 bridgehead atoms. The number of nitrogens with one attached hydrogen (secondary N) is 2. The molecule has 4 rings (SSSR count). The van der Waals surface area contributed by atoms with Crippen LogP contribution in [0.3, 0.4) is 0 Å². The van der Waals surface area contributed by atoms with Crippen LogP contribution in [0.5, 0.6) is 5.75 Å². The average molecular weight is 410 g/mol. The number of hydrogen-bond acceptors (Lipinski definition) is 5. The Morgan fingerprint density at radius 3 is 2.47 bits per heavy atom. The zero-order valence-electron chi connectivity index (χ0n) is 16.7. The van der Waals surface area contributed by atoms with Crippen LogP contribution in [0.1, 0.15) is 18.4 Å². The largest absolute Gasteiger partial charge is 0.497 e. The maximum absolute atomic E-state index is 13.0. The normalized spacial score (nSPS) is 18.1. The lowest BCUT2D eigenvalue weighted by atomic mass is 9.98. The van der Waals surface area contributed by atoms with E-state index in [4.69, 9.17) is 9.73 Å². The predicted octanol–water partition coefficient (Wildman–Crippen LogP) is 2.18. The number of aliphatic imine (C=N–C) groups is 1. The van der Waals surface area contributed by atoms with Crippen molar-refractivity contribution in [2.75, 3.05) is 32.1 Å². The summed E-state index contributed by atoms with van der Waals surface area (Å²) < 4.78 is 18.1. The first kappa shape index (κ1) is 20.0. The molecule has 7 nitrogen and oxygen atoms in total. The maximum Gasteiger partial charge on any atom is 0.272 e. The van der Waals surface area contributed by atoms with Crippen molar-refractivity contribution in [2.24, 2.45) is 4.99 Å².